The maximum Gasteiger partial charge on any atom is 0.257 e. The Labute approximate surface area is 107 Å². The predicted molar refractivity (Wildman–Crippen MR) is 75.9 cm³/mol. The zero-order valence-electron chi connectivity index (χ0n) is 10.3. The van der Waals surface area contributed by atoms with Crippen molar-refractivity contribution in [1.82, 2.24) is 4.98 Å². The number of hydrogen-bond acceptors (Lipinski definition) is 3. The summed E-state index contributed by atoms with van der Waals surface area (Å²) in [6, 6.07) is 7.80. The monoisotopic (exact) mass is 261 g/mol. The van der Waals surface area contributed by atoms with Crippen LogP contribution < -0.4 is 0 Å². The van der Waals surface area contributed by atoms with Crippen LogP contribution in [0.1, 0.15) is 0 Å². The van der Waals surface area contributed by atoms with E-state index in [1.165, 1.54) is 0 Å². The largest absolute Gasteiger partial charge is 0.431 e. The Morgan fingerprint density at radius 1 is 1.29 bits per heavy atom. The lowest BCUT2D eigenvalue weighted by atomic mass is 10.3. The van der Waals surface area contributed by atoms with Crippen LogP contribution in [0.3, 0.4) is 0 Å². The van der Waals surface area contributed by atoms with Crippen LogP contribution in [0.2, 0.25) is 19.6 Å². The molecule has 0 aliphatic rings. The van der Waals surface area contributed by atoms with E-state index in [1.54, 1.807) is 11.8 Å². The van der Waals surface area contributed by atoms with Gasteiger partial charge in [0.15, 0.2) is 5.58 Å². The Morgan fingerprint density at radius 3 is 2.76 bits per heavy atom. The molecule has 2 nitrogen and oxygen atoms in total. The van der Waals surface area contributed by atoms with Crippen LogP contribution in [0.4, 0.5) is 0 Å². The normalized spacial score (nSPS) is 11.2. The van der Waals surface area contributed by atoms with E-state index < -0.39 is 8.07 Å². The van der Waals surface area contributed by atoms with E-state index in [9.17, 15) is 0 Å². The number of nitrogens with zero attached hydrogens (tertiary/aromatic N) is 1. The molecular weight excluding hydrogens is 246 g/mol. The SMILES string of the molecule is C[Si](C)(C)C#CCSc1nc2ccccc2o1. The summed E-state index contributed by atoms with van der Waals surface area (Å²) in [6.07, 6.45) is 0. The highest BCUT2D eigenvalue weighted by molar-refractivity contribution is 7.99. The van der Waals surface area contributed by atoms with Crippen LogP contribution in [0, 0.1) is 11.5 Å². The Bertz CT molecular complexity index is 541. The first-order valence-electron chi connectivity index (χ1n) is 5.53. The summed E-state index contributed by atoms with van der Waals surface area (Å²) in [6.45, 7) is 6.72. The number of para-hydroxylation sites is 2. The van der Waals surface area contributed by atoms with Gasteiger partial charge in [0, 0.05) is 0 Å². The van der Waals surface area contributed by atoms with Gasteiger partial charge in [-0.2, -0.15) is 0 Å². The van der Waals surface area contributed by atoms with Gasteiger partial charge in [-0.25, -0.2) is 4.98 Å². The van der Waals surface area contributed by atoms with Crippen molar-refractivity contribution in [2.24, 2.45) is 0 Å². The summed E-state index contributed by atoms with van der Waals surface area (Å²) in [5, 5.41) is 0.705. The second-order valence-corrected chi connectivity index (χ2v) is 10.5. The summed E-state index contributed by atoms with van der Waals surface area (Å²) in [5.74, 6) is 3.94. The van der Waals surface area contributed by atoms with E-state index in [1.807, 2.05) is 24.3 Å². The number of oxazole rings is 1. The standard InChI is InChI=1S/C13H15NOSSi/c1-17(2,3)10-6-9-16-13-14-11-7-4-5-8-12(11)15-13/h4-5,7-8H,9H2,1-3H3. The molecule has 2 rings (SSSR count). The molecule has 0 fully saturated rings. The molecule has 0 N–H and O–H groups in total. The van der Waals surface area contributed by atoms with Crippen molar-refractivity contribution in [3.8, 4) is 11.5 Å². The second-order valence-electron chi connectivity index (χ2n) is 4.79. The molecule has 0 radical (unpaired) electrons. The molecular formula is C13H15NOSSi. The van der Waals surface area contributed by atoms with Crippen LogP contribution in [0.5, 0.6) is 0 Å². The van der Waals surface area contributed by atoms with E-state index in [0.29, 0.717) is 5.22 Å². The quantitative estimate of drug-likeness (QED) is 0.467. The van der Waals surface area contributed by atoms with Crippen LogP contribution in [-0.2, 0) is 0 Å². The van der Waals surface area contributed by atoms with Gasteiger partial charge in [-0.15, -0.1) is 5.54 Å². The van der Waals surface area contributed by atoms with Crippen molar-refractivity contribution in [1.29, 1.82) is 0 Å². The number of thioether (sulfide) groups is 1. The molecule has 0 spiro atoms. The number of fused-ring (bicyclic) bond motifs is 1. The van der Waals surface area contributed by atoms with Gasteiger partial charge < -0.3 is 4.42 Å². The molecule has 0 aliphatic carbocycles. The van der Waals surface area contributed by atoms with Crippen molar-refractivity contribution in [2.45, 2.75) is 24.9 Å². The molecule has 4 heteroatoms. The van der Waals surface area contributed by atoms with Gasteiger partial charge in [-0.05, 0) is 12.1 Å². The van der Waals surface area contributed by atoms with Gasteiger partial charge in [0.1, 0.15) is 13.6 Å². The van der Waals surface area contributed by atoms with Gasteiger partial charge in [0.2, 0.25) is 0 Å². The number of aromatic nitrogens is 1. The molecule has 0 bridgehead atoms. The average molecular weight is 261 g/mol. The molecule has 0 atom stereocenters. The number of rotatable bonds is 2. The Hall–Kier alpha value is -1.18. The van der Waals surface area contributed by atoms with Crippen LogP contribution >= 0.6 is 11.8 Å². The first kappa shape index (κ1) is 12.3. The Kier molecular flexibility index (Phi) is 3.60. The first-order valence-corrected chi connectivity index (χ1v) is 10.0. The van der Waals surface area contributed by atoms with E-state index in [-0.39, 0.29) is 0 Å². The van der Waals surface area contributed by atoms with Gasteiger partial charge >= 0.3 is 0 Å². The molecule has 17 heavy (non-hydrogen) atoms. The topological polar surface area (TPSA) is 26.0 Å². The first-order chi connectivity index (χ1) is 8.04. The predicted octanol–water partition coefficient (Wildman–Crippen LogP) is 3.80. The Morgan fingerprint density at radius 2 is 2.06 bits per heavy atom. The molecule has 1 aromatic carbocycles. The average Bonchev–Trinajstić information content (AvgIpc) is 2.65. The van der Waals surface area contributed by atoms with E-state index in [2.05, 4.69) is 36.1 Å². The van der Waals surface area contributed by atoms with Crippen LogP contribution in [0.15, 0.2) is 33.9 Å². The van der Waals surface area contributed by atoms with Crippen molar-refractivity contribution in [3.05, 3.63) is 24.3 Å². The highest BCUT2D eigenvalue weighted by Gasteiger charge is 2.07. The van der Waals surface area contributed by atoms with Gasteiger partial charge in [-0.3, -0.25) is 0 Å². The lowest BCUT2D eigenvalue weighted by molar-refractivity contribution is 0.490. The molecule has 0 unspecified atom stereocenters. The fraction of sp³-hybridized carbons (Fsp3) is 0.308. The van der Waals surface area contributed by atoms with Gasteiger partial charge in [0.05, 0.1) is 5.75 Å². The zero-order chi connectivity index (χ0) is 12.3. The summed E-state index contributed by atoms with van der Waals surface area (Å²) in [7, 11) is -1.25. The molecule has 1 aromatic heterocycles. The summed E-state index contributed by atoms with van der Waals surface area (Å²) < 4.78 is 5.60. The molecule has 1 heterocycles. The number of hydrogen-bond donors (Lipinski definition) is 0. The molecule has 88 valence electrons. The van der Waals surface area contributed by atoms with E-state index in [4.69, 9.17) is 4.42 Å². The minimum atomic E-state index is -1.25. The van der Waals surface area contributed by atoms with Gasteiger partial charge in [0.25, 0.3) is 5.22 Å². The van der Waals surface area contributed by atoms with Crippen molar-refractivity contribution < 1.29 is 4.42 Å². The minimum Gasteiger partial charge on any atom is -0.431 e. The van der Waals surface area contributed by atoms with Crippen LogP contribution in [-0.4, -0.2) is 18.8 Å². The molecule has 0 amide bonds. The smallest absolute Gasteiger partial charge is 0.257 e. The molecule has 2 aromatic rings. The van der Waals surface area contributed by atoms with Crippen molar-refractivity contribution >= 4 is 30.9 Å². The zero-order valence-corrected chi connectivity index (χ0v) is 12.1. The van der Waals surface area contributed by atoms with E-state index in [0.717, 1.165) is 16.9 Å². The number of benzene rings is 1. The maximum atomic E-state index is 5.60. The maximum absolute atomic E-state index is 5.60. The van der Waals surface area contributed by atoms with Crippen molar-refractivity contribution in [3.63, 3.8) is 0 Å². The van der Waals surface area contributed by atoms with Crippen molar-refractivity contribution in [2.75, 3.05) is 5.75 Å². The second kappa shape index (κ2) is 4.99. The third-order valence-corrected chi connectivity index (χ3v) is 3.64. The molecule has 0 aliphatic heterocycles. The lowest BCUT2D eigenvalue weighted by Crippen LogP contribution is -2.16. The van der Waals surface area contributed by atoms with E-state index >= 15 is 0 Å². The fourth-order valence-corrected chi connectivity index (χ4v) is 2.64. The lowest BCUT2D eigenvalue weighted by Gasteiger charge is -2.02. The molecule has 0 saturated carbocycles. The highest BCUT2D eigenvalue weighted by Crippen LogP contribution is 2.22. The summed E-state index contributed by atoms with van der Waals surface area (Å²) in [5.41, 5.74) is 5.08. The van der Waals surface area contributed by atoms with Crippen LogP contribution in [0.25, 0.3) is 11.1 Å². The summed E-state index contributed by atoms with van der Waals surface area (Å²) >= 11 is 1.56. The fourth-order valence-electron chi connectivity index (χ4n) is 1.31. The molecule has 0 saturated heterocycles. The minimum absolute atomic E-state index is 0.705. The Balaban J connectivity index is 2.02. The van der Waals surface area contributed by atoms with Gasteiger partial charge in [-0.1, -0.05) is 49.5 Å². The third-order valence-electron chi connectivity index (χ3n) is 2.01. The highest BCUT2D eigenvalue weighted by atomic mass is 32.2. The summed E-state index contributed by atoms with van der Waals surface area (Å²) in [4.78, 5) is 4.39. The third kappa shape index (κ3) is 3.65.